The molecule has 0 aromatic carbocycles. The molecule has 0 aliphatic carbocycles. The molecule has 234 valence electrons. The van der Waals surface area contributed by atoms with E-state index in [9.17, 15) is 9.59 Å². The number of carboxylic acids is 1. The minimum Gasteiger partial charge on any atom is -0.481 e. The molecule has 0 fully saturated rings. The first-order chi connectivity index (χ1) is 19.6. The Morgan fingerprint density at radius 2 is 0.975 bits per heavy atom. The smallest absolute Gasteiger partial charge is 0.306 e. The third-order valence-corrected chi connectivity index (χ3v) is 7.63. The quantitative estimate of drug-likeness (QED) is 0.0518. The molecule has 0 heterocycles. The SMILES string of the molecule is CCCCC/C=C\C(CCCCCCC(=O)O)OC(=O)CCCCCCCCC/C=C\CCCCCCCCC. The lowest BCUT2D eigenvalue weighted by molar-refractivity contribution is -0.147. The summed E-state index contributed by atoms with van der Waals surface area (Å²) in [5.41, 5.74) is 0. The van der Waals surface area contributed by atoms with E-state index in [4.69, 9.17) is 9.84 Å². The second kappa shape index (κ2) is 31.9. The van der Waals surface area contributed by atoms with Crippen LogP contribution < -0.4 is 0 Å². The molecule has 0 saturated carbocycles. The summed E-state index contributed by atoms with van der Waals surface area (Å²) < 4.78 is 5.81. The summed E-state index contributed by atoms with van der Waals surface area (Å²) in [6.07, 6.45) is 39.3. The van der Waals surface area contributed by atoms with Crippen LogP contribution in [0.1, 0.15) is 187 Å². The zero-order valence-electron chi connectivity index (χ0n) is 26.7. The lowest BCUT2D eigenvalue weighted by atomic mass is 10.1. The number of aliphatic carboxylic acids is 1. The Bertz CT molecular complexity index is 610. The van der Waals surface area contributed by atoms with Gasteiger partial charge in [0.25, 0.3) is 0 Å². The van der Waals surface area contributed by atoms with Gasteiger partial charge >= 0.3 is 11.9 Å². The number of ether oxygens (including phenoxy) is 1. The van der Waals surface area contributed by atoms with Gasteiger partial charge in [0.1, 0.15) is 6.10 Å². The fraction of sp³-hybridized carbons (Fsp3) is 0.833. The molecule has 4 heteroatoms. The number of rotatable bonds is 31. The average molecular weight is 563 g/mol. The Labute approximate surface area is 248 Å². The minimum atomic E-state index is -0.723. The van der Waals surface area contributed by atoms with Gasteiger partial charge in [0.05, 0.1) is 0 Å². The van der Waals surface area contributed by atoms with Gasteiger partial charge in [-0.25, -0.2) is 0 Å². The highest BCUT2D eigenvalue weighted by molar-refractivity contribution is 5.69. The van der Waals surface area contributed by atoms with Crippen LogP contribution in [-0.2, 0) is 14.3 Å². The summed E-state index contributed by atoms with van der Waals surface area (Å²) in [6.45, 7) is 4.48. The molecule has 0 bridgehead atoms. The number of carboxylic acid groups (broad SMARTS) is 1. The van der Waals surface area contributed by atoms with E-state index in [1.54, 1.807) is 0 Å². The van der Waals surface area contributed by atoms with Crippen molar-refractivity contribution >= 4 is 11.9 Å². The topological polar surface area (TPSA) is 63.6 Å². The van der Waals surface area contributed by atoms with Crippen molar-refractivity contribution in [3.63, 3.8) is 0 Å². The molecule has 0 spiro atoms. The van der Waals surface area contributed by atoms with Crippen molar-refractivity contribution in [2.24, 2.45) is 0 Å². The fourth-order valence-corrected chi connectivity index (χ4v) is 5.03. The Morgan fingerprint density at radius 3 is 1.55 bits per heavy atom. The van der Waals surface area contributed by atoms with Gasteiger partial charge in [0.2, 0.25) is 0 Å². The van der Waals surface area contributed by atoms with Crippen molar-refractivity contribution in [2.75, 3.05) is 0 Å². The predicted molar refractivity (Wildman–Crippen MR) is 172 cm³/mol. The summed E-state index contributed by atoms with van der Waals surface area (Å²) in [6, 6.07) is 0. The predicted octanol–water partition coefficient (Wildman–Crippen LogP) is 11.7. The average Bonchev–Trinajstić information content (AvgIpc) is 2.93. The van der Waals surface area contributed by atoms with E-state index in [0.29, 0.717) is 6.42 Å². The van der Waals surface area contributed by atoms with Gasteiger partial charge in [-0.3, -0.25) is 9.59 Å². The van der Waals surface area contributed by atoms with Gasteiger partial charge in [0, 0.05) is 12.8 Å². The second-order valence-corrected chi connectivity index (χ2v) is 11.7. The number of esters is 1. The zero-order chi connectivity index (χ0) is 29.4. The number of carbonyl (C=O) groups is 2. The molecular formula is C36H66O4. The van der Waals surface area contributed by atoms with Gasteiger partial charge in [0.15, 0.2) is 0 Å². The molecule has 0 aromatic rings. The number of allylic oxidation sites excluding steroid dienone is 3. The standard InChI is InChI=1S/C36H66O4/c1-3-5-7-9-10-11-12-13-14-15-16-17-18-19-20-21-23-29-33-36(39)40-34(30-26-22-8-6-4-2)31-27-24-25-28-32-35(37)38/h14-15,26,30,34H,3-13,16-25,27-29,31-33H2,1-2H3,(H,37,38)/b15-14-,30-26-. The highest BCUT2D eigenvalue weighted by Gasteiger charge is 2.11. The number of carbonyl (C=O) groups excluding carboxylic acids is 1. The van der Waals surface area contributed by atoms with E-state index in [1.807, 2.05) is 0 Å². The van der Waals surface area contributed by atoms with Crippen LogP contribution in [0.25, 0.3) is 0 Å². The monoisotopic (exact) mass is 562 g/mol. The molecule has 0 amide bonds. The maximum absolute atomic E-state index is 12.4. The molecule has 4 nitrogen and oxygen atoms in total. The van der Waals surface area contributed by atoms with Crippen molar-refractivity contribution < 1.29 is 19.4 Å². The first-order valence-corrected chi connectivity index (χ1v) is 17.3. The maximum atomic E-state index is 12.4. The molecule has 0 radical (unpaired) electrons. The summed E-state index contributed by atoms with van der Waals surface area (Å²) in [5, 5.41) is 8.77. The van der Waals surface area contributed by atoms with Crippen molar-refractivity contribution in [1.29, 1.82) is 0 Å². The molecule has 1 unspecified atom stereocenters. The third kappa shape index (κ3) is 31.0. The third-order valence-electron chi connectivity index (χ3n) is 7.63. The Hall–Kier alpha value is -1.58. The van der Waals surface area contributed by atoms with Gasteiger partial charge in [-0.1, -0.05) is 128 Å². The summed E-state index contributed by atoms with van der Waals surface area (Å²) >= 11 is 0. The molecule has 0 rings (SSSR count). The van der Waals surface area contributed by atoms with Crippen LogP contribution in [0.4, 0.5) is 0 Å². The normalized spacial score (nSPS) is 12.4. The molecule has 1 atom stereocenters. The van der Waals surface area contributed by atoms with Gasteiger partial charge in [-0.05, 0) is 70.3 Å². The summed E-state index contributed by atoms with van der Waals surface area (Å²) in [7, 11) is 0. The van der Waals surface area contributed by atoms with Crippen molar-refractivity contribution in [3.05, 3.63) is 24.3 Å². The van der Waals surface area contributed by atoms with Crippen LogP contribution in [0.2, 0.25) is 0 Å². The minimum absolute atomic E-state index is 0.0719. The lowest BCUT2D eigenvalue weighted by Crippen LogP contribution is -2.16. The number of hydrogen-bond donors (Lipinski definition) is 1. The van der Waals surface area contributed by atoms with Crippen LogP contribution in [0.15, 0.2) is 24.3 Å². The molecular weight excluding hydrogens is 496 g/mol. The van der Waals surface area contributed by atoms with Gasteiger partial charge in [-0.2, -0.15) is 0 Å². The molecule has 0 saturated heterocycles. The summed E-state index contributed by atoms with van der Waals surface area (Å²) in [4.78, 5) is 23.1. The molecule has 0 aliphatic heterocycles. The Kier molecular flexibility index (Phi) is 30.7. The Morgan fingerprint density at radius 1 is 0.550 bits per heavy atom. The van der Waals surface area contributed by atoms with Crippen molar-refractivity contribution in [2.45, 2.75) is 193 Å². The lowest BCUT2D eigenvalue weighted by Gasteiger charge is -2.15. The first kappa shape index (κ1) is 38.4. The number of unbranched alkanes of at least 4 members (excludes halogenated alkanes) is 20. The van der Waals surface area contributed by atoms with E-state index < -0.39 is 5.97 Å². The van der Waals surface area contributed by atoms with E-state index in [0.717, 1.165) is 51.4 Å². The van der Waals surface area contributed by atoms with Gasteiger partial charge < -0.3 is 9.84 Å². The fourth-order valence-electron chi connectivity index (χ4n) is 5.03. The van der Waals surface area contributed by atoms with E-state index >= 15 is 0 Å². The van der Waals surface area contributed by atoms with Crippen molar-refractivity contribution in [1.82, 2.24) is 0 Å². The molecule has 1 N–H and O–H groups in total. The molecule has 0 aliphatic rings. The zero-order valence-corrected chi connectivity index (χ0v) is 26.7. The number of hydrogen-bond acceptors (Lipinski definition) is 3. The highest BCUT2D eigenvalue weighted by Crippen LogP contribution is 2.15. The van der Waals surface area contributed by atoms with Crippen molar-refractivity contribution in [3.8, 4) is 0 Å². The molecule has 40 heavy (non-hydrogen) atoms. The molecule has 0 aromatic heterocycles. The van der Waals surface area contributed by atoms with E-state index in [-0.39, 0.29) is 18.5 Å². The Balaban J connectivity index is 3.81. The van der Waals surface area contributed by atoms with E-state index in [1.165, 1.54) is 109 Å². The highest BCUT2D eigenvalue weighted by atomic mass is 16.5. The van der Waals surface area contributed by atoms with Crippen LogP contribution in [0, 0.1) is 0 Å². The largest absolute Gasteiger partial charge is 0.481 e. The summed E-state index contributed by atoms with van der Waals surface area (Å²) in [5.74, 6) is -0.795. The van der Waals surface area contributed by atoms with Crippen LogP contribution in [-0.4, -0.2) is 23.1 Å². The van der Waals surface area contributed by atoms with Crippen LogP contribution in [0.5, 0.6) is 0 Å². The van der Waals surface area contributed by atoms with Crippen LogP contribution >= 0.6 is 0 Å². The van der Waals surface area contributed by atoms with Crippen LogP contribution in [0.3, 0.4) is 0 Å². The second-order valence-electron chi connectivity index (χ2n) is 11.7. The van der Waals surface area contributed by atoms with E-state index in [2.05, 4.69) is 38.2 Å². The van der Waals surface area contributed by atoms with Gasteiger partial charge in [-0.15, -0.1) is 0 Å². The maximum Gasteiger partial charge on any atom is 0.306 e. The first-order valence-electron chi connectivity index (χ1n) is 17.3.